The molecule has 0 bridgehead atoms. The number of hydrogen-bond acceptors (Lipinski definition) is 5. The molecular formula is C17H20ClN3O3. The number of ether oxygens (including phenoxy) is 1. The highest BCUT2D eigenvalue weighted by atomic mass is 35.5. The fraction of sp³-hybridized carbons (Fsp3) is 0.471. The van der Waals surface area contributed by atoms with Crippen molar-refractivity contribution >= 4 is 17.5 Å². The molecule has 1 aliphatic rings. The van der Waals surface area contributed by atoms with Gasteiger partial charge in [0.1, 0.15) is 0 Å². The van der Waals surface area contributed by atoms with Crippen molar-refractivity contribution in [2.75, 3.05) is 6.61 Å². The average Bonchev–Trinajstić information content (AvgIpc) is 3.25. The molecule has 1 aromatic heterocycles. The summed E-state index contributed by atoms with van der Waals surface area (Å²) in [5, 5.41) is 7.56. The molecule has 2 aromatic rings. The lowest BCUT2D eigenvalue weighted by molar-refractivity contribution is -0.122. The zero-order valence-electron chi connectivity index (χ0n) is 13.5. The molecule has 128 valence electrons. The van der Waals surface area contributed by atoms with Crippen molar-refractivity contribution < 1.29 is 14.1 Å². The van der Waals surface area contributed by atoms with Gasteiger partial charge in [-0.2, -0.15) is 4.98 Å². The minimum atomic E-state index is -0.0377. The Bertz CT molecular complexity index is 681. The maximum absolute atomic E-state index is 12.0. The summed E-state index contributed by atoms with van der Waals surface area (Å²) in [4.78, 5) is 16.3. The van der Waals surface area contributed by atoms with Crippen LogP contribution in [0.5, 0.6) is 0 Å². The molecule has 24 heavy (non-hydrogen) atoms. The van der Waals surface area contributed by atoms with Crippen LogP contribution in [0.3, 0.4) is 0 Å². The molecule has 1 fully saturated rings. The fourth-order valence-corrected chi connectivity index (χ4v) is 2.84. The predicted octanol–water partition coefficient (Wildman–Crippen LogP) is 3.01. The molecule has 0 spiro atoms. The first-order valence-corrected chi connectivity index (χ1v) is 8.49. The van der Waals surface area contributed by atoms with Gasteiger partial charge < -0.3 is 14.6 Å². The van der Waals surface area contributed by atoms with E-state index >= 15 is 0 Å². The van der Waals surface area contributed by atoms with Crippen molar-refractivity contribution in [3.63, 3.8) is 0 Å². The number of carbonyl (C=O) groups is 1. The summed E-state index contributed by atoms with van der Waals surface area (Å²) in [5.74, 6) is 0.902. The zero-order chi connectivity index (χ0) is 16.9. The Hall–Kier alpha value is -1.92. The fourth-order valence-electron chi connectivity index (χ4n) is 2.71. The highest BCUT2D eigenvalue weighted by molar-refractivity contribution is 6.30. The molecule has 0 radical (unpaired) electrons. The number of nitrogens with one attached hydrogen (secondary N) is 1. The number of hydrogen-bond donors (Lipinski definition) is 1. The molecule has 2 unspecified atom stereocenters. The predicted molar refractivity (Wildman–Crippen MR) is 89.6 cm³/mol. The normalized spacial score (nSPS) is 18.5. The first kappa shape index (κ1) is 16.9. The van der Waals surface area contributed by atoms with Gasteiger partial charge in [0.15, 0.2) is 0 Å². The molecule has 3 rings (SSSR count). The van der Waals surface area contributed by atoms with E-state index in [4.69, 9.17) is 20.9 Å². The van der Waals surface area contributed by atoms with E-state index in [0.29, 0.717) is 29.6 Å². The van der Waals surface area contributed by atoms with Crippen molar-refractivity contribution in [2.24, 2.45) is 0 Å². The molecule has 1 saturated heterocycles. The van der Waals surface area contributed by atoms with E-state index in [9.17, 15) is 4.79 Å². The third-order valence-corrected chi connectivity index (χ3v) is 4.30. The number of halogens is 1. The monoisotopic (exact) mass is 349 g/mol. The summed E-state index contributed by atoms with van der Waals surface area (Å²) in [6, 6.07) is 7.21. The maximum Gasteiger partial charge on any atom is 0.227 e. The third kappa shape index (κ3) is 4.33. The van der Waals surface area contributed by atoms with E-state index in [1.165, 1.54) is 0 Å². The number of nitrogens with zero attached hydrogens (tertiary/aromatic N) is 2. The minimum absolute atomic E-state index is 0.0207. The van der Waals surface area contributed by atoms with E-state index in [-0.39, 0.29) is 18.1 Å². The summed E-state index contributed by atoms with van der Waals surface area (Å²) in [6.45, 7) is 2.75. The van der Waals surface area contributed by atoms with E-state index in [1.54, 1.807) is 12.1 Å². The van der Waals surface area contributed by atoms with Crippen LogP contribution in [-0.4, -0.2) is 34.8 Å². The molecule has 1 N–H and O–H groups in total. The molecule has 1 aliphatic heterocycles. The molecule has 6 nitrogen and oxygen atoms in total. The van der Waals surface area contributed by atoms with E-state index < -0.39 is 0 Å². The van der Waals surface area contributed by atoms with Gasteiger partial charge in [0, 0.05) is 30.0 Å². The van der Waals surface area contributed by atoms with Crippen LogP contribution in [0.25, 0.3) is 11.4 Å². The highest BCUT2D eigenvalue weighted by Crippen LogP contribution is 2.19. The Balaban J connectivity index is 1.49. The lowest BCUT2D eigenvalue weighted by atomic mass is 10.1. The van der Waals surface area contributed by atoms with Gasteiger partial charge in [0.25, 0.3) is 0 Å². The van der Waals surface area contributed by atoms with Crippen molar-refractivity contribution in [2.45, 2.75) is 44.8 Å². The van der Waals surface area contributed by atoms with Crippen molar-refractivity contribution in [1.82, 2.24) is 15.5 Å². The molecule has 1 amide bonds. The van der Waals surface area contributed by atoms with Crippen LogP contribution in [0.1, 0.15) is 32.1 Å². The van der Waals surface area contributed by atoms with E-state index in [0.717, 1.165) is 25.0 Å². The van der Waals surface area contributed by atoms with Crippen LogP contribution >= 0.6 is 11.6 Å². The first-order valence-electron chi connectivity index (χ1n) is 8.11. The van der Waals surface area contributed by atoms with Crippen LogP contribution in [-0.2, 0) is 16.0 Å². The van der Waals surface area contributed by atoms with Crippen LogP contribution in [0.2, 0.25) is 5.02 Å². The first-order chi connectivity index (χ1) is 11.6. The van der Waals surface area contributed by atoms with Gasteiger partial charge in [-0.3, -0.25) is 4.79 Å². The summed E-state index contributed by atoms with van der Waals surface area (Å²) in [7, 11) is 0. The minimum Gasteiger partial charge on any atom is -0.376 e. The van der Waals surface area contributed by atoms with Crippen LogP contribution < -0.4 is 5.32 Å². The number of benzene rings is 1. The van der Waals surface area contributed by atoms with Gasteiger partial charge in [0.2, 0.25) is 17.6 Å². The second kappa shape index (κ2) is 7.77. The van der Waals surface area contributed by atoms with Gasteiger partial charge in [-0.25, -0.2) is 0 Å². The topological polar surface area (TPSA) is 77.3 Å². The molecule has 2 atom stereocenters. The Morgan fingerprint density at radius 1 is 1.42 bits per heavy atom. The Morgan fingerprint density at radius 3 is 2.92 bits per heavy atom. The number of aryl methyl sites for hydroxylation is 1. The molecule has 2 heterocycles. The Morgan fingerprint density at radius 2 is 2.21 bits per heavy atom. The molecule has 1 aromatic carbocycles. The summed E-state index contributed by atoms with van der Waals surface area (Å²) < 4.78 is 10.8. The van der Waals surface area contributed by atoms with Crippen molar-refractivity contribution in [3.8, 4) is 11.4 Å². The van der Waals surface area contributed by atoms with Crippen molar-refractivity contribution in [1.29, 1.82) is 0 Å². The van der Waals surface area contributed by atoms with E-state index in [2.05, 4.69) is 15.5 Å². The Labute approximate surface area is 145 Å². The number of aromatic nitrogens is 2. The summed E-state index contributed by atoms with van der Waals surface area (Å²) in [5.41, 5.74) is 0.825. The van der Waals surface area contributed by atoms with Gasteiger partial charge in [-0.05, 0) is 44.0 Å². The van der Waals surface area contributed by atoms with Crippen LogP contribution in [0.4, 0.5) is 0 Å². The quantitative estimate of drug-likeness (QED) is 0.867. The largest absolute Gasteiger partial charge is 0.376 e. The maximum atomic E-state index is 12.0. The standard InChI is InChI=1S/C17H20ClN3O3/c1-11(14-3-2-10-23-14)19-15(22)8-9-16-20-17(21-24-16)12-4-6-13(18)7-5-12/h4-7,11,14H,2-3,8-10H2,1H3,(H,19,22). The third-order valence-electron chi connectivity index (χ3n) is 4.05. The highest BCUT2D eigenvalue weighted by Gasteiger charge is 2.23. The SMILES string of the molecule is CC(NC(=O)CCc1nc(-c2ccc(Cl)cc2)no1)C1CCCO1. The average molecular weight is 350 g/mol. The number of amides is 1. The Kier molecular flexibility index (Phi) is 5.48. The van der Waals surface area contributed by atoms with Crippen molar-refractivity contribution in [3.05, 3.63) is 35.2 Å². The lowest BCUT2D eigenvalue weighted by Gasteiger charge is -2.19. The lowest BCUT2D eigenvalue weighted by Crippen LogP contribution is -2.40. The second-order valence-corrected chi connectivity index (χ2v) is 6.36. The van der Waals surface area contributed by atoms with Gasteiger partial charge >= 0.3 is 0 Å². The molecule has 0 aliphatic carbocycles. The van der Waals surface area contributed by atoms with Crippen LogP contribution in [0.15, 0.2) is 28.8 Å². The van der Waals surface area contributed by atoms with E-state index in [1.807, 2.05) is 19.1 Å². The van der Waals surface area contributed by atoms with Gasteiger partial charge in [0.05, 0.1) is 12.1 Å². The number of carbonyl (C=O) groups excluding carboxylic acids is 1. The van der Waals surface area contributed by atoms with Gasteiger partial charge in [-0.15, -0.1) is 0 Å². The second-order valence-electron chi connectivity index (χ2n) is 5.93. The zero-order valence-corrected chi connectivity index (χ0v) is 14.3. The van der Waals surface area contributed by atoms with Gasteiger partial charge in [-0.1, -0.05) is 16.8 Å². The smallest absolute Gasteiger partial charge is 0.227 e. The molecule has 0 saturated carbocycles. The molecular weight excluding hydrogens is 330 g/mol. The summed E-state index contributed by atoms with van der Waals surface area (Å²) >= 11 is 5.86. The summed E-state index contributed by atoms with van der Waals surface area (Å²) in [6.07, 6.45) is 2.88. The number of rotatable bonds is 6. The molecule has 7 heteroatoms. The van der Waals surface area contributed by atoms with Crippen LogP contribution in [0, 0.1) is 0 Å².